The molecular weight excluding hydrogens is 342 g/mol. The first kappa shape index (κ1) is 17.1. The van der Waals surface area contributed by atoms with Gasteiger partial charge in [-0.05, 0) is 54.2 Å². The molecule has 2 amide bonds. The molecule has 6 nitrogen and oxygen atoms in total. The minimum absolute atomic E-state index is 0.147. The largest absolute Gasteiger partial charge is 0.484 e. The van der Waals surface area contributed by atoms with Crippen LogP contribution in [0.4, 0.5) is 0 Å². The topological polar surface area (TPSA) is 83.2 Å². The second-order valence-electron chi connectivity index (χ2n) is 6.71. The molecule has 3 aromatic rings. The molecule has 1 aromatic heterocycles. The van der Waals surface area contributed by atoms with E-state index in [4.69, 9.17) is 4.74 Å². The minimum atomic E-state index is -0.400. The van der Waals surface area contributed by atoms with Gasteiger partial charge in [-0.3, -0.25) is 20.4 Å². The van der Waals surface area contributed by atoms with E-state index in [2.05, 4.69) is 21.9 Å². The lowest BCUT2D eigenvalue weighted by Crippen LogP contribution is -2.44. The highest BCUT2D eigenvalue weighted by molar-refractivity contribution is 5.89. The molecule has 138 valence electrons. The Morgan fingerprint density at radius 1 is 1.00 bits per heavy atom. The number of aromatic nitrogens is 1. The number of hydrogen-bond donors (Lipinski definition) is 3. The third kappa shape index (κ3) is 3.95. The lowest BCUT2D eigenvalue weighted by Gasteiger charge is -2.10. The Morgan fingerprint density at radius 3 is 2.74 bits per heavy atom. The van der Waals surface area contributed by atoms with Crippen molar-refractivity contribution in [3.8, 4) is 5.75 Å². The quantitative estimate of drug-likeness (QED) is 0.609. The Morgan fingerprint density at radius 2 is 1.81 bits per heavy atom. The number of amides is 2. The van der Waals surface area contributed by atoms with Crippen molar-refractivity contribution in [3.63, 3.8) is 0 Å². The predicted octanol–water partition coefficient (Wildman–Crippen LogP) is 2.43. The molecule has 0 bridgehead atoms. The number of fused-ring (bicyclic) bond motifs is 2. The smallest absolute Gasteiger partial charge is 0.276 e. The molecule has 2 aromatic carbocycles. The first-order chi connectivity index (χ1) is 13.2. The number of benzene rings is 2. The van der Waals surface area contributed by atoms with Crippen LogP contribution < -0.4 is 15.6 Å². The van der Waals surface area contributed by atoms with Crippen LogP contribution in [0.15, 0.2) is 48.7 Å². The second-order valence-corrected chi connectivity index (χ2v) is 6.71. The maximum atomic E-state index is 12.1. The first-order valence-electron chi connectivity index (χ1n) is 9.06. The molecule has 0 unspecified atom stereocenters. The fraction of sp³-hybridized carbons (Fsp3) is 0.238. The van der Waals surface area contributed by atoms with Crippen molar-refractivity contribution >= 4 is 22.7 Å². The number of nitrogens with one attached hydrogen (secondary N) is 3. The van der Waals surface area contributed by atoms with E-state index >= 15 is 0 Å². The number of carbonyl (C=O) groups is 2. The predicted molar refractivity (Wildman–Crippen MR) is 102 cm³/mol. The first-order valence-corrected chi connectivity index (χ1v) is 9.06. The molecule has 0 atom stereocenters. The number of ether oxygens (including phenoxy) is 1. The molecule has 0 fully saturated rings. The number of aryl methyl sites for hydroxylation is 2. The summed E-state index contributed by atoms with van der Waals surface area (Å²) in [5, 5.41) is 0.999. The molecule has 1 aliphatic rings. The van der Waals surface area contributed by atoms with Crippen LogP contribution in [0, 0.1) is 0 Å². The molecule has 6 heteroatoms. The molecule has 0 aliphatic heterocycles. The SMILES string of the molecule is O=C(COc1ccc2c(c1)CCC2)NNC(=O)Cc1c[nH]c2ccccc12. The van der Waals surface area contributed by atoms with Crippen LogP contribution in [-0.2, 0) is 28.9 Å². The van der Waals surface area contributed by atoms with Crippen molar-refractivity contribution in [2.24, 2.45) is 0 Å². The number of hydrazine groups is 1. The molecule has 4 rings (SSSR count). The summed E-state index contributed by atoms with van der Waals surface area (Å²) in [6, 6.07) is 13.7. The van der Waals surface area contributed by atoms with E-state index in [0.717, 1.165) is 29.3 Å². The third-order valence-corrected chi connectivity index (χ3v) is 4.81. The summed E-state index contributed by atoms with van der Waals surface area (Å²) in [7, 11) is 0. The van der Waals surface area contributed by atoms with Gasteiger partial charge in [0.25, 0.3) is 5.91 Å². The number of para-hydroxylation sites is 1. The Hall–Kier alpha value is -3.28. The number of H-pyrrole nitrogens is 1. The average Bonchev–Trinajstić information content (AvgIpc) is 3.31. The number of carbonyl (C=O) groups excluding carboxylic acids is 2. The Bertz CT molecular complexity index is 993. The second kappa shape index (κ2) is 7.53. The molecule has 0 spiro atoms. The van der Waals surface area contributed by atoms with Gasteiger partial charge in [0.15, 0.2) is 6.61 Å². The van der Waals surface area contributed by atoms with Crippen LogP contribution in [0.25, 0.3) is 10.9 Å². The fourth-order valence-electron chi connectivity index (χ4n) is 3.46. The van der Waals surface area contributed by atoms with Gasteiger partial charge in [-0.25, -0.2) is 0 Å². The van der Waals surface area contributed by atoms with Crippen molar-refractivity contribution < 1.29 is 14.3 Å². The lowest BCUT2D eigenvalue weighted by atomic mass is 10.1. The molecule has 27 heavy (non-hydrogen) atoms. The van der Waals surface area contributed by atoms with E-state index in [0.29, 0.717) is 5.75 Å². The number of aromatic amines is 1. The summed E-state index contributed by atoms with van der Waals surface area (Å²) in [6.45, 7) is -0.147. The van der Waals surface area contributed by atoms with Gasteiger partial charge in [-0.1, -0.05) is 24.3 Å². The highest BCUT2D eigenvalue weighted by atomic mass is 16.5. The molecular formula is C21H21N3O3. The zero-order chi connectivity index (χ0) is 18.6. The minimum Gasteiger partial charge on any atom is -0.484 e. The normalized spacial score (nSPS) is 12.6. The van der Waals surface area contributed by atoms with Crippen molar-refractivity contribution in [1.29, 1.82) is 0 Å². The molecule has 0 saturated heterocycles. The van der Waals surface area contributed by atoms with Crippen LogP contribution in [0.5, 0.6) is 5.75 Å². The highest BCUT2D eigenvalue weighted by Gasteiger charge is 2.13. The van der Waals surface area contributed by atoms with Gasteiger partial charge in [0.1, 0.15) is 5.75 Å². The van der Waals surface area contributed by atoms with Gasteiger partial charge in [0, 0.05) is 17.1 Å². The number of hydrogen-bond acceptors (Lipinski definition) is 3. The van der Waals surface area contributed by atoms with Gasteiger partial charge < -0.3 is 9.72 Å². The number of rotatable bonds is 5. The Balaban J connectivity index is 1.24. The van der Waals surface area contributed by atoms with E-state index in [1.807, 2.05) is 42.6 Å². The van der Waals surface area contributed by atoms with Crippen LogP contribution in [0.1, 0.15) is 23.1 Å². The maximum absolute atomic E-state index is 12.1. The van der Waals surface area contributed by atoms with Gasteiger partial charge in [-0.2, -0.15) is 0 Å². The molecule has 1 aliphatic carbocycles. The summed E-state index contributed by atoms with van der Waals surface area (Å²) >= 11 is 0. The summed E-state index contributed by atoms with van der Waals surface area (Å²) in [5.74, 6) is -0.00988. The van der Waals surface area contributed by atoms with Crippen LogP contribution in [-0.4, -0.2) is 23.4 Å². The van der Waals surface area contributed by atoms with Gasteiger partial charge in [-0.15, -0.1) is 0 Å². The average molecular weight is 363 g/mol. The zero-order valence-corrected chi connectivity index (χ0v) is 14.9. The summed E-state index contributed by atoms with van der Waals surface area (Å²) in [6.07, 6.45) is 5.32. The standard InChI is InChI=1S/C21H21N3O3/c25-20(11-16-12-22-19-7-2-1-6-18(16)19)23-24-21(26)13-27-17-9-8-14-4-3-5-15(14)10-17/h1-2,6-10,12,22H,3-5,11,13H2,(H,23,25)(H,24,26). The van der Waals surface area contributed by atoms with Gasteiger partial charge in [0.05, 0.1) is 6.42 Å². The van der Waals surface area contributed by atoms with Crippen molar-refractivity contribution in [3.05, 3.63) is 65.4 Å². The van der Waals surface area contributed by atoms with Crippen LogP contribution >= 0.6 is 0 Å². The summed E-state index contributed by atoms with van der Waals surface area (Å²) in [5.41, 5.74) is 9.33. The summed E-state index contributed by atoms with van der Waals surface area (Å²) in [4.78, 5) is 27.1. The van der Waals surface area contributed by atoms with E-state index in [-0.39, 0.29) is 18.9 Å². The zero-order valence-electron chi connectivity index (χ0n) is 14.9. The molecule has 3 N–H and O–H groups in total. The van der Waals surface area contributed by atoms with E-state index < -0.39 is 5.91 Å². The van der Waals surface area contributed by atoms with Crippen molar-refractivity contribution in [1.82, 2.24) is 15.8 Å². The van der Waals surface area contributed by atoms with Crippen LogP contribution in [0.3, 0.4) is 0 Å². The van der Waals surface area contributed by atoms with Gasteiger partial charge in [0.2, 0.25) is 5.91 Å². The maximum Gasteiger partial charge on any atom is 0.276 e. The molecule has 1 heterocycles. The molecule has 0 saturated carbocycles. The third-order valence-electron chi connectivity index (χ3n) is 4.81. The van der Waals surface area contributed by atoms with Crippen molar-refractivity contribution in [2.75, 3.05) is 6.61 Å². The lowest BCUT2D eigenvalue weighted by molar-refractivity contribution is -0.129. The Kier molecular flexibility index (Phi) is 4.78. The van der Waals surface area contributed by atoms with E-state index in [1.165, 1.54) is 17.5 Å². The van der Waals surface area contributed by atoms with E-state index in [1.54, 1.807) is 0 Å². The Labute approximate surface area is 156 Å². The highest BCUT2D eigenvalue weighted by Crippen LogP contribution is 2.25. The summed E-state index contributed by atoms with van der Waals surface area (Å²) < 4.78 is 5.52. The van der Waals surface area contributed by atoms with Crippen molar-refractivity contribution in [2.45, 2.75) is 25.7 Å². The van der Waals surface area contributed by atoms with E-state index in [9.17, 15) is 9.59 Å². The van der Waals surface area contributed by atoms with Gasteiger partial charge >= 0.3 is 0 Å². The monoisotopic (exact) mass is 363 g/mol. The fourth-order valence-corrected chi connectivity index (χ4v) is 3.46. The van der Waals surface area contributed by atoms with Crippen LogP contribution in [0.2, 0.25) is 0 Å². The molecule has 0 radical (unpaired) electrons.